The number of nitrogens with one attached hydrogen (secondary N) is 1. The van der Waals surface area contributed by atoms with Crippen molar-refractivity contribution in [1.29, 1.82) is 0 Å². The van der Waals surface area contributed by atoms with E-state index in [1.807, 2.05) is 30.3 Å². The summed E-state index contributed by atoms with van der Waals surface area (Å²) in [4.78, 5) is 30.4. The number of anilines is 1. The summed E-state index contributed by atoms with van der Waals surface area (Å²) in [6.07, 6.45) is 3.13. The zero-order valence-electron chi connectivity index (χ0n) is 17.9. The molecule has 31 heavy (non-hydrogen) atoms. The lowest BCUT2D eigenvalue weighted by Gasteiger charge is -2.30. The molecule has 2 heterocycles. The summed E-state index contributed by atoms with van der Waals surface area (Å²) in [6, 6.07) is 9.72. The van der Waals surface area contributed by atoms with Crippen LogP contribution < -0.4 is 16.0 Å². The molecule has 0 aliphatic carbocycles. The predicted molar refractivity (Wildman–Crippen MR) is 123 cm³/mol. The molecule has 166 valence electrons. The number of nitrogens with zero attached hydrogens (tertiary/aromatic N) is 2. The number of rotatable bonds is 7. The van der Waals surface area contributed by atoms with Gasteiger partial charge in [-0.15, -0.1) is 0 Å². The van der Waals surface area contributed by atoms with Crippen LogP contribution in [0, 0.1) is 0 Å². The number of piperidine rings is 1. The first-order chi connectivity index (χ1) is 15.0. The predicted octanol–water partition coefficient (Wildman–Crippen LogP) is 4.06. The summed E-state index contributed by atoms with van der Waals surface area (Å²) in [7, 11) is -3.61. The molecule has 4 rings (SSSR count). The van der Waals surface area contributed by atoms with E-state index in [-0.39, 0.29) is 19.5 Å². The largest absolute Gasteiger partial charge is 0.371 e. The van der Waals surface area contributed by atoms with E-state index in [1.54, 1.807) is 13.8 Å². The molecule has 1 N–H and O–H groups in total. The molecular formula is C22H28N3O5P. The van der Waals surface area contributed by atoms with Crippen LogP contribution >= 0.6 is 7.60 Å². The molecule has 1 saturated heterocycles. The van der Waals surface area contributed by atoms with Crippen LogP contribution in [0.3, 0.4) is 0 Å². The van der Waals surface area contributed by atoms with E-state index in [4.69, 9.17) is 9.05 Å². The first-order valence-corrected chi connectivity index (χ1v) is 12.5. The molecule has 0 spiro atoms. The van der Waals surface area contributed by atoms with E-state index in [0.717, 1.165) is 42.4 Å². The molecule has 0 unspecified atom stereocenters. The molecule has 8 nitrogen and oxygen atoms in total. The van der Waals surface area contributed by atoms with Crippen molar-refractivity contribution >= 4 is 35.1 Å². The zero-order valence-corrected chi connectivity index (χ0v) is 18.8. The van der Waals surface area contributed by atoms with Crippen molar-refractivity contribution in [3.63, 3.8) is 0 Å². The minimum absolute atomic E-state index is 0.174. The van der Waals surface area contributed by atoms with Gasteiger partial charge < -0.3 is 18.9 Å². The fourth-order valence-corrected chi connectivity index (χ4v) is 5.98. The molecule has 3 aromatic rings. The second-order valence-corrected chi connectivity index (χ2v) is 9.68. The first kappa shape index (κ1) is 21.8. The van der Waals surface area contributed by atoms with Gasteiger partial charge in [0.25, 0.3) is 0 Å². The smallest absolute Gasteiger partial charge is 0.350 e. The topological polar surface area (TPSA) is 93.6 Å². The fraction of sp³-hybridized carbons (Fsp3) is 0.455. The Kier molecular flexibility index (Phi) is 6.32. The molecule has 2 aromatic carbocycles. The van der Waals surface area contributed by atoms with Crippen molar-refractivity contribution in [2.75, 3.05) is 31.2 Å². The van der Waals surface area contributed by atoms with Crippen LogP contribution in [0.25, 0.3) is 21.8 Å². The van der Waals surface area contributed by atoms with Gasteiger partial charge in [0.05, 0.1) is 24.2 Å². The molecule has 0 bridgehead atoms. The Bertz CT molecular complexity index is 1250. The molecule has 1 aliphatic heterocycles. The van der Waals surface area contributed by atoms with E-state index in [0.29, 0.717) is 11.0 Å². The van der Waals surface area contributed by atoms with E-state index in [9.17, 15) is 14.2 Å². The Labute approximate surface area is 180 Å². The van der Waals surface area contributed by atoms with E-state index in [2.05, 4.69) is 9.88 Å². The SMILES string of the molecule is CCOP(=O)(Cn1c(=O)c(=O)[nH]c2cc(N3CCCCC3)c3ccccc3c21)OCC. The van der Waals surface area contributed by atoms with Crippen LogP contribution in [0.15, 0.2) is 39.9 Å². The second-order valence-electron chi connectivity index (χ2n) is 7.66. The molecule has 0 amide bonds. The number of aromatic amines is 1. The van der Waals surface area contributed by atoms with Crippen molar-refractivity contribution in [3.8, 4) is 0 Å². The van der Waals surface area contributed by atoms with Crippen molar-refractivity contribution in [2.45, 2.75) is 39.4 Å². The Balaban J connectivity index is 2.00. The number of H-pyrrole nitrogens is 1. The monoisotopic (exact) mass is 445 g/mol. The maximum atomic E-state index is 13.2. The normalized spacial score (nSPS) is 15.1. The van der Waals surface area contributed by atoms with E-state index >= 15 is 0 Å². The third kappa shape index (κ3) is 4.20. The lowest BCUT2D eigenvalue weighted by Crippen LogP contribution is -2.37. The summed E-state index contributed by atoms with van der Waals surface area (Å²) in [5.41, 5.74) is 0.556. The molecule has 1 fully saturated rings. The van der Waals surface area contributed by atoms with Crippen LogP contribution in [-0.2, 0) is 19.9 Å². The molecular weight excluding hydrogens is 417 g/mol. The standard InChI is InChI=1S/C22H28N3O5P/c1-3-29-31(28,30-4-2)15-25-20-17-11-7-6-10-16(17)19(24-12-8-5-9-13-24)14-18(20)23-21(26)22(25)27/h6-7,10-11,14H,3-5,8-9,12-13,15H2,1-2H3,(H,23,26). The van der Waals surface area contributed by atoms with Crippen LogP contribution in [0.4, 0.5) is 5.69 Å². The average Bonchev–Trinajstić information content (AvgIpc) is 2.77. The highest BCUT2D eigenvalue weighted by atomic mass is 31.2. The number of fused-ring (bicyclic) bond motifs is 3. The minimum atomic E-state index is -3.61. The molecule has 9 heteroatoms. The van der Waals surface area contributed by atoms with Crippen molar-refractivity contribution in [3.05, 3.63) is 51.0 Å². The number of aromatic nitrogens is 2. The van der Waals surface area contributed by atoms with Crippen LogP contribution in [0.5, 0.6) is 0 Å². The lowest BCUT2D eigenvalue weighted by atomic mass is 10.0. The fourth-order valence-electron chi connectivity index (χ4n) is 4.34. The highest BCUT2D eigenvalue weighted by molar-refractivity contribution is 7.52. The molecule has 1 aliphatic rings. The Morgan fingerprint density at radius 1 is 1.00 bits per heavy atom. The lowest BCUT2D eigenvalue weighted by molar-refractivity contribution is 0.214. The number of hydrogen-bond acceptors (Lipinski definition) is 6. The second kappa shape index (κ2) is 8.99. The quantitative estimate of drug-likeness (QED) is 0.335. The summed E-state index contributed by atoms with van der Waals surface area (Å²) in [6.45, 7) is 5.67. The van der Waals surface area contributed by atoms with Gasteiger partial charge in [-0.1, -0.05) is 24.3 Å². The van der Waals surface area contributed by atoms with Crippen LogP contribution in [0.2, 0.25) is 0 Å². The molecule has 1 aromatic heterocycles. The zero-order chi connectivity index (χ0) is 22.0. The van der Waals surface area contributed by atoms with Gasteiger partial charge in [-0.05, 0) is 39.2 Å². The Morgan fingerprint density at radius 3 is 2.29 bits per heavy atom. The van der Waals surface area contributed by atoms with Crippen molar-refractivity contribution < 1.29 is 13.6 Å². The third-order valence-corrected chi connectivity index (χ3v) is 7.55. The van der Waals surface area contributed by atoms with Gasteiger partial charge in [0.1, 0.15) is 6.29 Å². The summed E-state index contributed by atoms with van der Waals surface area (Å²) in [5.74, 6) is 0. The Hall–Kier alpha value is -2.41. The van der Waals surface area contributed by atoms with Crippen molar-refractivity contribution in [1.82, 2.24) is 9.55 Å². The van der Waals surface area contributed by atoms with Gasteiger partial charge in [0.15, 0.2) is 0 Å². The summed E-state index contributed by atoms with van der Waals surface area (Å²) in [5, 5.41) is 1.80. The van der Waals surface area contributed by atoms with Gasteiger partial charge in [0, 0.05) is 29.5 Å². The van der Waals surface area contributed by atoms with Crippen molar-refractivity contribution in [2.24, 2.45) is 0 Å². The summed E-state index contributed by atoms with van der Waals surface area (Å²) >= 11 is 0. The van der Waals surface area contributed by atoms with Gasteiger partial charge in [-0.3, -0.25) is 18.7 Å². The Morgan fingerprint density at radius 2 is 1.65 bits per heavy atom. The maximum Gasteiger partial charge on any atom is 0.350 e. The highest BCUT2D eigenvalue weighted by Crippen LogP contribution is 2.50. The molecule has 0 saturated carbocycles. The molecule has 0 radical (unpaired) electrons. The third-order valence-electron chi connectivity index (χ3n) is 5.61. The first-order valence-electron chi connectivity index (χ1n) is 10.8. The van der Waals surface area contributed by atoms with Crippen LogP contribution in [-0.4, -0.2) is 35.9 Å². The number of hydrogen-bond donors (Lipinski definition) is 1. The van der Waals surface area contributed by atoms with Gasteiger partial charge >= 0.3 is 18.7 Å². The molecule has 0 atom stereocenters. The highest BCUT2D eigenvalue weighted by Gasteiger charge is 2.27. The van der Waals surface area contributed by atoms with E-state index in [1.165, 1.54) is 11.0 Å². The average molecular weight is 445 g/mol. The maximum absolute atomic E-state index is 13.2. The van der Waals surface area contributed by atoms with Gasteiger partial charge in [-0.2, -0.15) is 0 Å². The number of benzene rings is 2. The van der Waals surface area contributed by atoms with Gasteiger partial charge in [-0.25, -0.2) is 0 Å². The minimum Gasteiger partial charge on any atom is -0.371 e. The van der Waals surface area contributed by atoms with Gasteiger partial charge in [0.2, 0.25) is 0 Å². The van der Waals surface area contributed by atoms with Crippen LogP contribution in [0.1, 0.15) is 33.1 Å². The van der Waals surface area contributed by atoms with E-state index < -0.39 is 18.7 Å². The summed E-state index contributed by atoms with van der Waals surface area (Å²) < 4.78 is 25.3.